The van der Waals surface area contributed by atoms with Crippen LogP contribution in [0, 0.1) is 0 Å². The molecule has 3 nitrogen and oxygen atoms in total. The molecule has 2 fully saturated rings. The number of para-hydroxylation sites is 1. The van der Waals surface area contributed by atoms with Crippen LogP contribution < -0.4 is 4.90 Å². The number of thiazole rings is 1. The predicted octanol–water partition coefficient (Wildman–Crippen LogP) is 4.08. The van der Waals surface area contributed by atoms with Gasteiger partial charge in [0.1, 0.15) is 0 Å². The number of thioether (sulfide) groups is 1. The highest BCUT2D eigenvalue weighted by molar-refractivity contribution is 7.98. The second kappa shape index (κ2) is 6.38. The molecule has 0 atom stereocenters. The van der Waals surface area contributed by atoms with E-state index in [0.717, 1.165) is 19.1 Å². The summed E-state index contributed by atoms with van der Waals surface area (Å²) in [6, 6.07) is 7.34. The minimum Gasteiger partial charge on any atom is -0.348 e. The lowest BCUT2D eigenvalue weighted by Crippen LogP contribution is -2.43. The van der Waals surface area contributed by atoms with Crippen LogP contribution in [0.5, 0.6) is 0 Å². The summed E-state index contributed by atoms with van der Waals surface area (Å²) in [6.45, 7) is 4.97. The van der Waals surface area contributed by atoms with Gasteiger partial charge in [-0.1, -0.05) is 17.4 Å². The average Bonchev–Trinajstić information content (AvgIpc) is 3.24. The molecule has 0 spiro atoms. The molecule has 1 aromatic heterocycles. The van der Waals surface area contributed by atoms with Crippen LogP contribution in [-0.4, -0.2) is 48.4 Å². The van der Waals surface area contributed by atoms with Crippen LogP contribution >= 0.6 is 23.1 Å². The number of aromatic nitrogens is 1. The summed E-state index contributed by atoms with van der Waals surface area (Å²) in [6.07, 6.45) is 7.52. The second-order valence-electron chi connectivity index (χ2n) is 6.26. The molecule has 4 rings (SSSR count). The SMILES string of the molecule is CSc1cccc2sc(N3CCC(N4CCCC4)CC3)nc12. The average molecular weight is 334 g/mol. The van der Waals surface area contributed by atoms with Crippen LogP contribution in [0.4, 0.5) is 5.13 Å². The van der Waals surface area contributed by atoms with Crippen molar-refractivity contribution in [1.82, 2.24) is 9.88 Å². The van der Waals surface area contributed by atoms with E-state index in [1.807, 2.05) is 11.3 Å². The van der Waals surface area contributed by atoms with Gasteiger partial charge >= 0.3 is 0 Å². The molecule has 0 radical (unpaired) electrons. The molecular formula is C17H23N3S2. The summed E-state index contributed by atoms with van der Waals surface area (Å²) in [5.74, 6) is 0. The Morgan fingerprint density at radius 2 is 1.91 bits per heavy atom. The van der Waals surface area contributed by atoms with Gasteiger partial charge in [0.25, 0.3) is 0 Å². The van der Waals surface area contributed by atoms with Gasteiger partial charge in [-0.25, -0.2) is 4.98 Å². The predicted molar refractivity (Wildman–Crippen MR) is 97.4 cm³/mol. The van der Waals surface area contributed by atoms with E-state index in [0.29, 0.717) is 0 Å². The first-order valence-electron chi connectivity index (χ1n) is 8.28. The third-order valence-electron chi connectivity index (χ3n) is 4.98. The quantitative estimate of drug-likeness (QED) is 0.788. The maximum atomic E-state index is 4.94. The van der Waals surface area contributed by atoms with Gasteiger partial charge < -0.3 is 9.80 Å². The molecule has 2 saturated heterocycles. The number of anilines is 1. The van der Waals surface area contributed by atoms with Crippen molar-refractivity contribution in [3.63, 3.8) is 0 Å². The van der Waals surface area contributed by atoms with E-state index in [1.54, 1.807) is 11.8 Å². The van der Waals surface area contributed by atoms with Crippen LogP contribution in [0.3, 0.4) is 0 Å². The Hall–Kier alpha value is -0.780. The van der Waals surface area contributed by atoms with Gasteiger partial charge in [0.15, 0.2) is 5.13 Å². The van der Waals surface area contributed by atoms with Crippen LogP contribution in [-0.2, 0) is 0 Å². The molecule has 0 unspecified atom stereocenters. The fourth-order valence-electron chi connectivity index (χ4n) is 3.74. The summed E-state index contributed by atoms with van der Waals surface area (Å²) in [4.78, 5) is 11.4. The molecule has 0 saturated carbocycles. The first-order valence-corrected chi connectivity index (χ1v) is 10.3. The Morgan fingerprint density at radius 3 is 2.64 bits per heavy atom. The number of hydrogen-bond acceptors (Lipinski definition) is 5. The van der Waals surface area contributed by atoms with Gasteiger partial charge in [-0.2, -0.15) is 0 Å². The van der Waals surface area contributed by atoms with Crippen molar-refractivity contribution in [2.75, 3.05) is 37.3 Å². The maximum Gasteiger partial charge on any atom is 0.186 e. The molecule has 0 aliphatic carbocycles. The minimum absolute atomic E-state index is 0.815. The first kappa shape index (κ1) is 14.8. The second-order valence-corrected chi connectivity index (χ2v) is 8.12. The molecule has 2 aromatic rings. The molecule has 2 aliphatic rings. The van der Waals surface area contributed by atoms with Crippen molar-refractivity contribution in [2.45, 2.75) is 36.6 Å². The number of fused-ring (bicyclic) bond motifs is 1. The van der Waals surface area contributed by atoms with Crippen molar-refractivity contribution in [3.05, 3.63) is 18.2 Å². The fraction of sp³-hybridized carbons (Fsp3) is 0.588. The van der Waals surface area contributed by atoms with Crippen molar-refractivity contribution in [3.8, 4) is 0 Å². The lowest BCUT2D eigenvalue weighted by Gasteiger charge is -2.36. The Labute approximate surface area is 140 Å². The number of rotatable bonds is 3. The van der Waals surface area contributed by atoms with Crippen molar-refractivity contribution in [1.29, 1.82) is 0 Å². The third-order valence-corrected chi connectivity index (χ3v) is 6.83. The normalized spacial score (nSPS) is 21.0. The van der Waals surface area contributed by atoms with E-state index in [9.17, 15) is 0 Å². The molecule has 5 heteroatoms. The smallest absolute Gasteiger partial charge is 0.186 e. The van der Waals surface area contributed by atoms with E-state index >= 15 is 0 Å². The molecule has 0 N–H and O–H groups in total. The van der Waals surface area contributed by atoms with Gasteiger partial charge in [0.2, 0.25) is 0 Å². The van der Waals surface area contributed by atoms with E-state index in [2.05, 4.69) is 34.3 Å². The van der Waals surface area contributed by atoms with Gasteiger partial charge in [-0.15, -0.1) is 11.8 Å². The molecule has 22 heavy (non-hydrogen) atoms. The van der Waals surface area contributed by atoms with Crippen LogP contribution in [0.1, 0.15) is 25.7 Å². The lowest BCUT2D eigenvalue weighted by atomic mass is 10.0. The van der Waals surface area contributed by atoms with E-state index in [4.69, 9.17) is 4.98 Å². The summed E-state index contributed by atoms with van der Waals surface area (Å²) in [7, 11) is 0. The zero-order valence-electron chi connectivity index (χ0n) is 13.1. The number of piperidine rings is 1. The fourth-order valence-corrected chi connectivity index (χ4v) is 5.41. The van der Waals surface area contributed by atoms with Gasteiger partial charge in [-0.3, -0.25) is 0 Å². The molecule has 1 aromatic carbocycles. The summed E-state index contributed by atoms with van der Waals surface area (Å²) in [5.41, 5.74) is 1.19. The Morgan fingerprint density at radius 1 is 1.14 bits per heavy atom. The zero-order chi connectivity index (χ0) is 14.9. The number of hydrogen-bond donors (Lipinski definition) is 0. The van der Waals surface area contributed by atoms with Gasteiger partial charge in [0, 0.05) is 24.0 Å². The minimum atomic E-state index is 0.815. The van der Waals surface area contributed by atoms with Crippen LogP contribution in [0.2, 0.25) is 0 Å². The maximum absolute atomic E-state index is 4.94. The van der Waals surface area contributed by atoms with E-state index in [1.165, 1.54) is 59.0 Å². The monoisotopic (exact) mass is 333 g/mol. The summed E-state index contributed by atoms with van der Waals surface area (Å²) >= 11 is 3.65. The standard InChI is InChI=1S/C17H23N3S2/c1-21-14-5-4-6-15-16(14)18-17(22-15)20-11-7-13(8-12-20)19-9-2-3-10-19/h4-6,13H,2-3,7-12H2,1H3. The molecule has 2 aliphatic heterocycles. The number of benzene rings is 1. The third kappa shape index (κ3) is 2.74. The van der Waals surface area contributed by atoms with Gasteiger partial charge in [0.05, 0.1) is 10.2 Å². The molecule has 3 heterocycles. The van der Waals surface area contributed by atoms with E-state index < -0.39 is 0 Å². The number of likely N-dealkylation sites (tertiary alicyclic amines) is 1. The molecule has 118 valence electrons. The van der Waals surface area contributed by atoms with Crippen LogP contribution in [0.25, 0.3) is 10.2 Å². The van der Waals surface area contributed by atoms with Gasteiger partial charge in [-0.05, 0) is 57.2 Å². The summed E-state index contributed by atoms with van der Waals surface area (Å²) in [5, 5.41) is 1.22. The number of nitrogens with zero attached hydrogens (tertiary/aromatic N) is 3. The van der Waals surface area contributed by atoms with Crippen molar-refractivity contribution >= 4 is 38.4 Å². The van der Waals surface area contributed by atoms with Crippen molar-refractivity contribution in [2.24, 2.45) is 0 Å². The molecule has 0 bridgehead atoms. The highest BCUT2D eigenvalue weighted by atomic mass is 32.2. The lowest BCUT2D eigenvalue weighted by molar-refractivity contribution is 0.208. The molecular weight excluding hydrogens is 310 g/mol. The zero-order valence-corrected chi connectivity index (χ0v) is 14.8. The van der Waals surface area contributed by atoms with Crippen molar-refractivity contribution < 1.29 is 0 Å². The van der Waals surface area contributed by atoms with E-state index in [-0.39, 0.29) is 0 Å². The highest BCUT2D eigenvalue weighted by Gasteiger charge is 2.27. The Bertz CT molecular complexity index is 640. The summed E-state index contributed by atoms with van der Waals surface area (Å²) < 4.78 is 1.32. The van der Waals surface area contributed by atoms with Crippen LogP contribution in [0.15, 0.2) is 23.1 Å². The molecule has 0 amide bonds. The largest absolute Gasteiger partial charge is 0.348 e. The first-order chi connectivity index (χ1) is 10.8. The Balaban J connectivity index is 1.49. The topological polar surface area (TPSA) is 19.4 Å². The highest BCUT2D eigenvalue weighted by Crippen LogP contribution is 2.35. The Kier molecular flexibility index (Phi) is 4.29.